The summed E-state index contributed by atoms with van der Waals surface area (Å²) in [5.41, 5.74) is 5.66. The third-order valence-corrected chi connectivity index (χ3v) is 3.69. The van der Waals surface area contributed by atoms with Gasteiger partial charge in [-0.1, -0.05) is 0 Å². The number of rotatable bonds is 5. The minimum absolute atomic E-state index is 0.0982. The van der Waals surface area contributed by atoms with E-state index in [1.165, 1.54) is 24.3 Å². The van der Waals surface area contributed by atoms with Crippen LogP contribution in [-0.2, 0) is 16.6 Å². The van der Waals surface area contributed by atoms with E-state index >= 15 is 0 Å². The van der Waals surface area contributed by atoms with Crippen molar-refractivity contribution in [3.05, 3.63) is 45.8 Å². The number of carbonyl (C=O) groups excluding carboxylic acids is 1. The molecule has 2 rings (SSSR count). The van der Waals surface area contributed by atoms with Crippen LogP contribution in [0.25, 0.3) is 11.0 Å². The van der Waals surface area contributed by atoms with Gasteiger partial charge in [-0.25, -0.2) is 13.6 Å². The molecule has 0 aliphatic heterocycles. The maximum absolute atomic E-state index is 11.9. The molecule has 0 radical (unpaired) electrons. The van der Waals surface area contributed by atoms with Crippen LogP contribution in [0, 0.1) is 0 Å². The van der Waals surface area contributed by atoms with E-state index in [0.717, 1.165) is 0 Å². The summed E-state index contributed by atoms with van der Waals surface area (Å²) in [6.45, 7) is -0.0165. The first-order valence-corrected chi connectivity index (χ1v) is 8.07. The molecule has 0 saturated carbocycles. The first kappa shape index (κ1) is 16.1. The fraction of sp³-hybridized carbons (Fsp3) is 0.231. The molecule has 1 aromatic heterocycles. The van der Waals surface area contributed by atoms with Crippen molar-refractivity contribution >= 4 is 26.9 Å². The lowest BCUT2D eigenvalue weighted by molar-refractivity contribution is 0.0956. The molecule has 5 N–H and O–H groups in total. The van der Waals surface area contributed by atoms with E-state index in [2.05, 4.69) is 5.32 Å². The molecule has 22 heavy (non-hydrogen) atoms. The highest BCUT2D eigenvalue weighted by atomic mass is 32.2. The highest BCUT2D eigenvalue weighted by molar-refractivity contribution is 7.89. The second-order valence-electron chi connectivity index (χ2n) is 4.61. The Kier molecular flexibility index (Phi) is 4.59. The maximum Gasteiger partial charge on any atom is 0.251 e. The Morgan fingerprint density at radius 1 is 1.27 bits per heavy atom. The molecule has 0 aliphatic carbocycles. The van der Waals surface area contributed by atoms with Crippen LogP contribution in [0.1, 0.15) is 16.1 Å². The van der Waals surface area contributed by atoms with Crippen molar-refractivity contribution in [1.82, 2.24) is 5.32 Å². The average molecular weight is 325 g/mol. The topological polar surface area (TPSA) is 145 Å². The Balaban J connectivity index is 2.24. The molecule has 1 amide bonds. The second kappa shape index (κ2) is 6.26. The van der Waals surface area contributed by atoms with Crippen LogP contribution in [0.3, 0.4) is 0 Å². The lowest BCUT2D eigenvalue weighted by Gasteiger charge is -2.06. The zero-order valence-electron chi connectivity index (χ0n) is 11.5. The predicted octanol–water partition coefficient (Wildman–Crippen LogP) is -0.730. The molecule has 1 aromatic carbocycles. The van der Waals surface area contributed by atoms with Crippen molar-refractivity contribution in [3.8, 4) is 0 Å². The average Bonchev–Trinajstić information content (AvgIpc) is 2.45. The molecule has 1 heterocycles. The van der Waals surface area contributed by atoms with Gasteiger partial charge in [0.25, 0.3) is 5.91 Å². The molecule has 9 heteroatoms. The number of fused-ring (bicyclic) bond motifs is 1. The van der Waals surface area contributed by atoms with Crippen molar-refractivity contribution in [1.29, 1.82) is 0 Å². The molecule has 0 fully saturated rings. The van der Waals surface area contributed by atoms with Gasteiger partial charge in [0, 0.05) is 18.2 Å². The third kappa shape index (κ3) is 3.91. The highest BCUT2D eigenvalue weighted by Gasteiger charge is 2.11. The normalized spacial score (nSPS) is 11.5. The van der Waals surface area contributed by atoms with Crippen LogP contribution in [-0.4, -0.2) is 26.6 Å². The van der Waals surface area contributed by atoms with E-state index in [4.69, 9.17) is 15.3 Å². The van der Waals surface area contributed by atoms with Crippen molar-refractivity contribution < 1.29 is 17.6 Å². The molecule has 0 aliphatic rings. The van der Waals surface area contributed by atoms with E-state index in [9.17, 15) is 18.0 Å². The van der Waals surface area contributed by atoms with E-state index in [1.807, 2.05) is 0 Å². The van der Waals surface area contributed by atoms with Gasteiger partial charge >= 0.3 is 0 Å². The number of nitrogens with two attached hydrogens (primary N) is 2. The van der Waals surface area contributed by atoms with Crippen LogP contribution >= 0.6 is 0 Å². The van der Waals surface area contributed by atoms with Gasteiger partial charge in [-0.15, -0.1) is 0 Å². The largest absolute Gasteiger partial charge is 0.459 e. The Hall–Kier alpha value is -2.23. The highest BCUT2D eigenvalue weighted by Crippen LogP contribution is 2.14. The molecular formula is C13H15N3O5S. The van der Waals surface area contributed by atoms with Gasteiger partial charge in [0.15, 0.2) is 5.43 Å². The number of primary sulfonamides is 1. The van der Waals surface area contributed by atoms with Gasteiger partial charge in [0.05, 0.1) is 17.7 Å². The Morgan fingerprint density at radius 3 is 2.64 bits per heavy atom. The number of sulfonamides is 1. The summed E-state index contributed by atoms with van der Waals surface area (Å²) in [6.07, 6.45) is 0. The van der Waals surface area contributed by atoms with E-state index in [-0.39, 0.29) is 35.2 Å². The molecule has 0 bridgehead atoms. The number of nitrogens with one attached hydrogen (secondary N) is 1. The zero-order chi connectivity index (χ0) is 16.3. The van der Waals surface area contributed by atoms with Crippen molar-refractivity contribution in [2.45, 2.75) is 6.54 Å². The van der Waals surface area contributed by atoms with Crippen molar-refractivity contribution in [2.75, 3.05) is 12.3 Å². The minimum atomic E-state index is -3.64. The molecule has 2 aromatic rings. The molecule has 0 spiro atoms. The van der Waals surface area contributed by atoms with Crippen LogP contribution in [0.15, 0.2) is 33.5 Å². The summed E-state index contributed by atoms with van der Waals surface area (Å²) in [4.78, 5) is 23.8. The first-order valence-electron chi connectivity index (χ1n) is 6.35. The number of benzene rings is 1. The number of hydrogen-bond acceptors (Lipinski definition) is 6. The monoisotopic (exact) mass is 325 g/mol. The third-order valence-electron chi connectivity index (χ3n) is 2.91. The standard InChI is InChI=1S/C13H15N3O5S/c14-7-9-6-11(17)10-5-8(1-2-12(10)21-9)13(18)16-3-4-22(15,19)20/h1-2,5-6H,3-4,7,14H2,(H,16,18)(H2,15,19,20). The van der Waals surface area contributed by atoms with E-state index in [1.54, 1.807) is 0 Å². The number of amides is 1. The van der Waals surface area contributed by atoms with Crippen LogP contribution < -0.4 is 21.6 Å². The van der Waals surface area contributed by atoms with Crippen molar-refractivity contribution in [3.63, 3.8) is 0 Å². The van der Waals surface area contributed by atoms with Gasteiger partial charge in [-0.3, -0.25) is 9.59 Å². The van der Waals surface area contributed by atoms with E-state index < -0.39 is 15.9 Å². The molecule has 8 nitrogen and oxygen atoms in total. The number of carbonyl (C=O) groups is 1. The van der Waals surface area contributed by atoms with Gasteiger partial charge in [-0.05, 0) is 18.2 Å². The first-order chi connectivity index (χ1) is 10.3. The van der Waals surface area contributed by atoms with Gasteiger partial charge < -0.3 is 15.5 Å². The Bertz CT molecular complexity index is 873. The summed E-state index contributed by atoms with van der Waals surface area (Å²) >= 11 is 0. The molecule has 0 unspecified atom stereocenters. The summed E-state index contributed by atoms with van der Waals surface area (Å²) < 4.78 is 27.0. The SMILES string of the molecule is NCc1cc(=O)c2cc(C(=O)NCCS(N)(=O)=O)ccc2o1. The van der Waals surface area contributed by atoms with E-state index in [0.29, 0.717) is 11.3 Å². The Morgan fingerprint density at radius 2 is 2.00 bits per heavy atom. The smallest absolute Gasteiger partial charge is 0.251 e. The summed E-state index contributed by atoms with van der Waals surface area (Å²) in [7, 11) is -3.64. The van der Waals surface area contributed by atoms with Crippen LogP contribution in [0.2, 0.25) is 0 Å². The van der Waals surface area contributed by atoms with Gasteiger partial charge in [-0.2, -0.15) is 0 Å². The fourth-order valence-corrected chi connectivity index (χ4v) is 2.24. The molecule has 118 valence electrons. The molecule has 0 saturated heterocycles. The summed E-state index contributed by atoms with van der Waals surface area (Å²) in [5, 5.41) is 7.50. The minimum Gasteiger partial charge on any atom is -0.459 e. The summed E-state index contributed by atoms with van der Waals surface area (Å²) in [5.74, 6) is -0.524. The molecular weight excluding hydrogens is 310 g/mol. The second-order valence-corrected chi connectivity index (χ2v) is 6.35. The van der Waals surface area contributed by atoms with Gasteiger partial charge in [0.1, 0.15) is 11.3 Å². The van der Waals surface area contributed by atoms with Crippen LogP contribution in [0.5, 0.6) is 0 Å². The maximum atomic E-state index is 11.9. The fourth-order valence-electron chi connectivity index (χ4n) is 1.86. The lowest BCUT2D eigenvalue weighted by atomic mass is 10.1. The predicted molar refractivity (Wildman–Crippen MR) is 80.7 cm³/mol. The van der Waals surface area contributed by atoms with Crippen LogP contribution in [0.4, 0.5) is 0 Å². The summed E-state index contributed by atoms with van der Waals surface area (Å²) in [6, 6.07) is 5.61. The quantitative estimate of drug-likeness (QED) is 0.660. The van der Waals surface area contributed by atoms with Gasteiger partial charge in [0.2, 0.25) is 10.0 Å². The Labute approximate surface area is 126 Å². The lowest BCUT2D eigenvalue weighted by Crippen LogP contribution is -2.31. The zero-order valence-corrected chi connectivity index (χ0v) is 12.4. The number of hydrogen-bond donors (Lipinski definition) is 3. The van der Waals surface area contributed by atoms with Crippen molar-refractivity contribution in [2.24, 2.45) is 10.9 Å². The molecule has 0 atom stereocenters.